The van der Waals surface area contributed by atoms with Gasteiger partial charge in [-0.05, 0) is 0 Å². The van der Waals surface area contributed by atoms with Crippen LogP contribution in [0.2, 0.25) is 0 Å². The molecule has 1 rings (SSSR count). The molecule has 6 heteroatoms. The molecule has 0 aromatic rings. The molecular weight excluding hydrogens is 182 g/mol. The van der Waals surface area contributed by atoms with Gasteiger partial charge in [-0.3, -0.25) is 4.90 Å². The number of aliphatic carboxylic acids is 1. The number of nitrogens with zero attached hydrogens (tertiary/aromatic N) is 1. The Hall–Kier alpha value is -0.910. The highest BCUT2D eigenvalue weighted by Gasteiger charge is 2.31. The van der Waals surface area contributed by atoms with Crippen molar-refractivity contribution in [3.05, 3.63) is 0 Å². The second kappa shape index (κ2) is 3.66. The minimum absolute atomic E-state index is 0.303. The summed E-state index contributed by atoms with van der Waals surface area (Å²) in [6.07, 6.45) is -1.15. The molecule has 1 amide bonds. The number of carboxylic acids is 1. The molecule has 0 aromatic carbocycles. The fraction of sp³-hybridized carbons (Fsp3) is 0.667. The summed E-state index contributed by atoms with van der Waals surface area (Å²) in [4.78, 5) is 22.0. The van der Waals surface area contributed by atoms with Crippen molar-refractivity contribution in [1.29, 1.82) is 0 Å². The van der Waals surface area contributed by atoms with Gasteiger partial charge in [-0.15, -0.1) is 0 Å². The van der Waals surface area contributed by atoms with Gasteiger partial charge in [-0.2, -0.15) is 11.8 Å². The van der Waals surface area contributed by atoms with Crippen molar-refractivity contribution in [2.45, 2.75) is 6.04 Å². The Balaban J connectivity index is 2.67. The number of carboxylic acid groups (broad SMARTS) is 2. The number of thioether (sulfide) groups is 1. The first-order chi connectivity index (χ1) is 5.63. The van der Waals surface area contributed by atoms with E-state index in [0.717, 1.165) is 4.90 Å². The molecule has 0 spiro atoms. The molecule has 0 saturated carbocycles. The molecule has 12 heavy (non-hydrogen) atoms. The average Bonchev–Trinajstić information content (AvgIpc) is 2.04. The predicted molar refractivity (Wildman–Crippen MR) is 43.5 cm³/mol. The van der Waals surface area contributed by atoms with Gasteiger partial charge in [0.05, 0.1) is 0 Å². The molecule has 1 fully saturated rings. The molecule has 1 aliphatic rings. The molecule has 2 N–H and O–H groups in total. The van der Waals surface area contributed by atoms with Gasteiger partial charge < -0.3 is 10.2 Å². The first kappa shape index (κ1) is 9.18. The van der Waals surface area contributed by atoms with Crippen LogP contribution in [0.1, 0.15) is 0 Å². The third kappa shape index (κ3) is 1.82. The van der Waals surface area contributed by atoms with Crippen molar-refractivity contribution in [2.24, 2.45) is 0 Å². The molecule has 1 aliphatic heterocycles. The lowest BCUT2D eigenvalue weighted by Gasteiger charge is -2.29. The summed E-state index contributed by atoms with van der Waals surface area (Å²) in [5, 5.41) is 17.3. The standard InChI is InChI=1S/C6H9NO4S/c8-5(9)4-3-12-2-1-7(4)6(10)11/h4H,1-3H2,(H,8,9)(H,10,11). The summed E-state index contributed by atoms with van der Waals surface area (Å²) >= 11 is 1.47. The highest BCUT2D eigenvalue weighted by molar-refractivity contribution is 7.99. The lowest BCUT2D eigenvalue weighted by Crippen LogP contribution is -2.49. The zero-order valence-electron chi connectivity index (χ0n) is 6.27. The van der Waals surface area contributed by atoms with E-state index >= 15 is 0 Å². The zero-order chi connectivity index (χ0) is 9.14. The fourth-order valence-electron chi connectivity index (χ4n) is 1.04. The molecule has 1 saturated heterocycles. The van der Waals surface area contributed by atoms with E-state index in [0.29, 0.717) is 18.1 Å². The maximum absolute atomic E-state index is 10.6. The van der Waals surface area contributed by atoms with Gasteiger partial charge in [0.1, 0.15) is 6.04 Å². The molecule has 0 aromatic heterocycles. The van der Waals surface area contributed by atoms with Crippen LogP contribution in [0.5, 0.6) is 0 Å². The number of carbonyl (C=O) groups is 2. The Morgan fingerprint density at radius 3 is 2.50 bits per heavy atom. The monoisotopic (exact) mass is 191 g/mol. The summed E-state index contributed by atoms with van der Waals surface area (Å²) in [6, 6.07) is -0.874. The van der Waals surface area contributed by atoms with Gasteiger partial charge >= 0.3 is 12.1 Å². The second-order valence-corrected chi connectivity index (χ2v) is 3.55. The van der Waals surface area contributed by atoms with Crippen molar-refractivity contribution >= 4 is 23.8 Å². The molecule has 1 atom stereocenters. The first-order valence-corrected chi connectivity index (χ1v) is 4.58. The fourth-order valence-corrected chi connectivity index (χ4v) is 2.08. The minimum atomic E-state index is -1.15. The van der Waals surface area contributed by atoms with Crippen LogP contribution in [-0.2, 0) is 4.79 Å². The number of hydrogen-bond donors (Lipinski definition) is 2. The molecule has 0 bridgehead atoms. The van der Waals surface area contributed by atoms with E-state index in [9.17, 15) is 9.59 Å². The van der Waals surface area contributed by atoms with Crippen LogP contribution in [0.25, 0.3) is 0 Å². The van der Waals surface area contributed by atoms with Crippen LogP contribution in [0.4, 0.5) is 4.79 Å². The highest BCUT2D eigenvalue weighted by atomic mass is 32.2. The van der Waals surface area contributed by atoms with Gasteiger partial charge in [0.2, 0.25) is 0 Å². The maximum Gasteiger partial charge on any atom is 0.408 e. The van der Waals surface area contributed by atoms with Crippen molar-refractivity contribution < 1.29 is 19.8 Å². The van der Waals surface area contributed by atoms with Crippen molar-refractivity contribution in [3.8, 4) is 0 Å². The summed E-state index contributed by atoms with van der Waals surface area (Å²) in [7, 11) is 0. The van der Waals surface area contributed by atoms with Crippen LogP contribution >= 0.6 is 11.8 Å². The van der Waals surface area contributed by atoms with E-state index in [-0.39, 0.29) is 0 Å². The van der Waals surface area contributed by atoms with E-state index in [1.165, 1.54) is 11.8 Å². The quantitative estimate of drug-likeness (QED) is 0.617. The van der Waals surface area contributed by atoms with Crippen LogP contribution in [-0.4, -0.2) is 51.3 Å². The highest BCUT2D eigenvalue weighted by Crippen LogP contribution is 2.16. The minimum Gasteiger partial charge on any atom is -0.480 e. The van der Waals surface area contributed by atoms with Gasteiger partial charge in [-0.25, -0.2) is 9.59 Å². The lowest BCUT2D eigenvalue weighted by atomic mass is 10.3. The molecule has 68 valence electrons. The van der Waals surface area contributed by atoms with E-state index in [2.05, 4.69) is 0 Å². The number of hydrogen-bond acceptors (Lipinski definition) is 3. The second-order valence-electron chi connectivity index (χ2n) is 2.40. The largest absolute Gasteiger partial charge is 0.480 e. The Kier molecular flexibility index (Phi) is 2.80. The van der Waals surface area contributed by atoms with Crippen molar-refractivity contribution in [1.82, 2.24) is 4.90 Å². The average molecular weight is 191 g/mol. The molecule has 1 heterocycles. The Morgan fingerprint density at radius 1 is 1.42 bits per heavy atom. The van der Waals surface area contributed by atoms with E-state index in [1.807, 2.05) is 0 Å². The molecular formula is C6H9NO4S. The molecule has 5 nitrogen and oxygen atoms in total. The topological polar surface area (TPSA) is 77.8 Å². The van der Waals surface area contributed by atoms with Crippen LogP contribution in [0.15, 0.2) is 0 Å². The Bertz CT molecular complexity index is 186. The number of rotatable bonds is 1. The van der Waals surface area contributed by atoms with E-state index in [4.69, 9.17) is 10.2 Å². The summed E-state index contributed by atoms with van der Waals surface area (Å²) in [5.41, 5.74) is 0. The predicted octanol–water partition coefficient (Wildman–Crippen LogP) is 0.166. The maximum atomic E-state index is 10.6. The summed E-state index contributed by atoms with van der Waals surface area (Å²) in [6.45, 7) is 0.303. The molecule has 0 radical (unpaired) electrons. The van der Waals surface area contributed by atoms with Gasteiger partial charge in [0.15, 0.2) is 0 Å². The number of amides is 1. The molecule has 1 unspecified atom stereocenters. The first-order valence-electron chi connectivity index (χ1n) is 3.43. The van der Waals surface area contributed by atoms with Gasteiger partial charge in [-0.1, -0.05) is 0 Å². The Morgan fingerprint density at radius 2 is 2.08 bits per heavy atom. The van der Waals surface area contributed by atoms with Gasteiger partial charge in [0, 0.05) is 18.1 Å². The van der Waals surface area contributed by atoms with E-state index in [1.54, 1.807) is 0 Å². The van der Waals surface area contributed by atoms with Crippen LogP contribution in [0, 0.1) is 0 Å². The van der Waals surface area contributed by atoms with Crippen LogP contribution < -0.4 is 0 Å². The SMILES string of the molecule is O=C(O)C1CSCCN1C(=O)O. The molecule has 0 aliphatic carbocycles. The van der Waals surface area contributed by atoms with Crippen molar-refractivity contribution in [2.75, 3.05) is 18.1 Å². The third-order valence-electron chi connectivity index (χ3n) is 1.66. The zero-order valence-corrected chi connectivity index (χ0v) is 7.08. The summed E-state index contributed by atoms with van der Waals surface area (Å²) < 4.78 is 0. The normalized spacial score (nSPS) is 23.7. The summed E-state index contributed by atoms with van der Waals surface area (Å²) in [5.74, 6) is -0.0397. The van der Waals surface area contributed by atoms with E-state index < -0.39 is 18.1 Å². The van der Waals surface area contributed by atoms with Crippen LogP contribution in [0.3, 0.4) is 0 Å². The lowest BCUT2D eigenvalue weighted by molar-refractivity contribution is -0.141. The van der Waals surface area contributed by atoms with Gasteiger partial charge in [0.25, 0.3) is 0 Å². The third-order valence-corrected chi connectivity index (χ3v) is 2.68. The van der Waals surface area contributed by atoms with Crippen molar-refractivity contribution in [3.63, 3.8) is 0 Å². The Labute approximate surface area is 73.4 Å². The smallest absolute Gasteiger partial charge is 0.408 e.